The van der Waals surface area contributed by atoms with E-state index in [9.17, 15) is 4.79 Å². The van der Waals surface area contributed by atoms with Crippen LogP contribution < -0.4 is 0 Å². The maximum absolute atomic E-state index is 12.1. The molecule has 0 saturated carbocycles. The van der Waals surface area contributed by atoms with Gasteiger partial charge in [-0.15, -0.1) is 11.3 Å². The zero-order chi connectivity index (χ0) is 14.8. The number of thiazole rings is 1. The number of esters is 1. The summed E-state index contributed by atoms with van der Waals surface area (Å²) in [5, 5.41) is 0.921. The predicted octanol–water partition coefficient (Wildman–Crippen LogP) is 3.95. The summed E-state index contributed by atoms with van der Waals surface area (Å²) in [5.74, 6) is -0.360. The van der Waals surface area contributed by atoms with Crippen molar-refractivity contribution in [2.45, 2.75) is 32.1 Å². The second-order valence-electron chi connectivity index (χ2n) is 4.92. The Bertz CT molecular complexity index is 671. The van der Waals surface area contributed by atoms with Crippen molar-refractivity contribution in [2.24, 2.45) is 0 Å². The molecule has 0 spiro atoms. The van der Waals surface area contributed by atoms with Gasteiger partial charge in [-0.3, -0.25) is 9.78 Å². The molecule has 4 nitrogen and oxygen atoms in total. The number of nitrogens with zero attached hydrogens (tertiary/aromatic N) is 2. The number of aryl methyl sites for hydroxylation is 1. The van der Waals surface area contributed by atoms with Crippen molar-refractivity contribution in [2.75, 3.05) is 6.61 Å². The quantitative estimate of drug-likeness (QED) is 0.771. The molecule has 1 unspecified atom stereocenters. The molecule has 3 rings (SSSR count). The van der Waals surface area contributed by atoms with Crippen LogP contribution in [0.15, 0.2) is 22.9 Å². The first-order valence-electron chi connectivity index (χ1n) is 6.96. The zero-order valence-electron chi connectivity index (χ0n) is 11.6. The molecule has 0 radical (unpaired) electrons. The van der Waals surface area contributed by atoms with E-state index < -0.39 is 0 Å². The largest absolute Gasteiger partial charge is 0.465 e. The fourth-order valence-corrected chi connectivity index (χ4v) is 4.05. The Hall–Kier alpha value is -1.27. The summed E-state index contributed by atoms with van der Waals surface area (Å²) in [6.07, 6.45) is 6.37. The van der Waals surface area contributed by atoms with Gasteiger partial charge in [-0.2, -0.15) is 0 Å². The average molecular weight is 367 g/mol. The summed E-state index contributed by atoms with van der Waals surface area (Å²) in [5.41, 5.74) is 1.88. The molecule has 6 heteroatoms. The van der Waals surface area contributed by atoms with Gasteiger partial charge >= 0.3 is 5.97 Å². The van der Waals surface area contributed by atoms with Crippen LogP contribution in [0.3, 0.4) is 0 Å². The lowest BCUT2D eigenvalue weighted by molar-refractivity contribution is -0.145. The molecule has 0 fully saturated rings. The second-order valence-corrected chi connectivity index (χ2v) is 6.92. The highest BCUT2D eigenvalue weighted by atomic mass is 79.9. The van der Waals surface area contributed by atoms with Crippen molar-refractivity contribution >= 4 is 33.2 Å². The van der Waals surface area contributed by atoms with Gasteiger partial charge in [0.2, 0.25) is 0 Å². The molecule has 1 atom stereocenters. The van der Waals surface area contributed by atoms with E-state index in [2.05, 4.69) is 20.9 Å². The van der Waals surface area contributed by atoms with Crippen molar-refractivity contribution in [3.8, 4) is 10.6 Å². The van der Waals surface area contributed by atoms with Crippen LogP contribution in [0.1, 0.15) is 36.3 Å². The van der Waals surface area contributed by atoms with Crippen LogP contribution >= 0.6 is 27.3 Å². The Labute approximate surface area is 135 Å². The lowest BCUT2D eigenvalue weighted by Gasteiger charge is -2.19. The van der Waals surface area contributed by atoms with Crippen molar-refractivity contribution < 1.29 is 9.53 Å². The van der Waals surface area contributed by atoms with Crippen LogP contribution in [0, 0.1) is 0 Å². The van der Waals surface area contributed by atoms with E-state index in [1.54, 1.807) is 23.7 Å². The van der Waals surface area contributed by atoms with Crippen LogP contribution in [-0.4, -0.2) is 22.5 Å². The minimum Gasteiger partial charge on any atom is -0.465 e. The van der Waals surface area contributed by atoms with Crippen LogP contribution in [0.2, 0.25) is 0 Å². The van der Waals surface area contributed by atoms with Gasteiger partial charge in [0.05, 0.1) is 12.3 Å². The highest BCUT2D eigenvalue weighted by Gasteiger charge is 2.31. The van der Waals surface area contributed by atoms with Crippen LogP contribution in [-0.2, 0) is 16.0 Å². The number of carbonyl (C=O) groups excluding carboxylic acids is 1. The van der Waals surface area contributed by atoms with E-state index in [1.807, 2.05) is 13.0 Å². The summed E-state index contributed by atoms with van der Waals surface area (Å²) in [6.45, 7) is 2.25. The smallest absolute Gasteiger partial charge is 0.315 e. The van der Waals surface area contributed by atoms with Crippen LogP contribution in [0.5, 0.6) is 0 Å². The third-order valence-corrected chi connectivity index (χ3v) is 5.09. The molecule has 0 bridgehead atoms. The summed E-state index contributed by atoms with van der Waals surface area (Å²) in [4.78, 5) is 22.2. The molecule has 110 valence electrons. The Morgan fingerprint density at radius 1 is 1.52 bits per heavy atom. The number of pyridine rings is 1. The maximum atomic E-state index is 12.1. The van der Waals surface area contributed by atoms with Gasteiger partial charge < -0.3 is 4.74 Å². The molecule has 21 heavy (non-hydrogen) atoms. The first-order chi connectivity index (χ1) is 10.2. The molecule has 0 saturated heterocycles. The average Bonchev–Trinajstić information content (AvgIpc) is 2.91. The number of aromatic nitrogens is 2. The molecule has 1 aliphatic rings. The molecule has 0 amide bonds. The van der Waals surface area contributed by atoms with E-state index in [0.717, 1.165) is 40.0 Å². The van der Waals surface area contributed by atoms with E-state index in [4.69, 9.17) is 9.72 Å². The SMILES string of the molecule is CCOC(=O)C1CCCc2sc(-c3cncc(Br)c3)nc21. The van der Waals surface area contributed by atoms with Crippen molar-refractivity contribution in [1.82, 2.24) is 9.97 Å². The minimum absolute atomic E-state index is 0.150. The molecule has 0 N–H and O–H groups in total. The molecule has 1 aliphatic carbocycles. The molecule has 2 heterocycles. The van der Waals surface area contributed by atoms with Gasteiger partial charge in [0, 0.05) is 27.3 Å². The van der Waals surface area contributed by atoms with E-state index in [1.165, 1.54) is 4.88 Å². The highest BCUT2D eigenvalue weighted by molar-refractivity contribution is 9.10. The summed E-state index contributed by atoms with van der Waals surface area (Å²) < 4.78 is 6.10. The Balaban J connectivity index is 1.96. The molecular weight excluding hydrogens is 352 g/mol. The first kappa shape index (κ1) is 14.7. The number of halogens is 1. The zero-order valence-corrected chi connectivity index (χ0v) is 14.0. The van der Waals surface area contributed by atoms with Crippen molar-refractivity contribution in [3.05, 3.63) is 33.5 Å². The Morgan fingerprint density at radius 3 is 3.14 bits per heavy atom. The predicted molar refractivity (Wildman–Crippen MR) is 85.4 cm³/mol. The normalized spacial score (nSPS) is 17.3. The van der Waals surface area contributed by atoms with Gasteiger partial charge in [0.25, 0.3) is 0 Å². The van der Waals surface area contributed by atoms with Crippen molar-refractivity contribution in [3.63, 3.8) is 0 Å². The second kappa shape index (κ2) is 6.23. The Kier molecular flexibility index (Phi) is 4.35. The van der Waals surface area contributed by atoms with E-state index in [0.29, 0.717) is 6.61 Å². The minimum atomic E-state index is -0.209. The van der Waals surface area contributed by atoms with Gasteiger partial charge in [-0.25, -0.2) is 4.98 Å². The van der Waals surface area contributed by atoms with Gasteiger partial charge in [0.15, 0.2) is 0 Å². The third-order valence-electron chi connectivity index (χ3n) is 3.48. The molecule has 0 aromatic carbocycles. The fraction of sp³-hybridized carbons (Fsp3) is 0.400. The molecular formula is C15H15BrN2O2S. The number of ether oxygens (including phenoxy) is 1. The first-order valence-corrected chi connectivity index (χ1v) is 8.57. The van der Waals surface area contributed by atoms with E-state index >= 15 is 0 Å². The fourth-order valence-electron chi connectivity index (χ4n) is 2.54. The number of fused-ring (bicyclic) bond motifs is 1. The highest BCUT2D eigenvalue weighted by Crippen LogP contribution is 2.38. The lowest BCUT2D eigenvalue weighted by Crippen LogP contribution is -2.20. The van der Waals surface area contributed by atoms with Gasteiger partial charge in [-0.1, -0.05) is 0 Å². The lowest BCUT2D eigenvalue weighted by atomic mass is 9.91. The summed E-state index contributed by atoms with van der Waals surface area (Å²) in [7, 11) is 0. The molecule has 2 aromatic heterocycles. The number of hydrogen-bond acceptors (Lipinski definition) is 5. The van der Waals surface area contributed by atoms with Crippen LogP contribution in [0.4, 0.5) is 0 Å². The number of carbonyl (C=O) groups is 1. The van der Waals surface area contributed by atoms with Gasteiger partial charge in [-0.05, 0) is 48.2 Å². The summed E-state index contributed by atoms with van der Waals surface area (Å²) in [6, 6.07) is 2.00. The monoisotopic (exact) mass is 366 g/mol. The third kappa shape index (κ3) is 3.01. The van der Waals surface area contributed by atoms with Gasteiger partial charge in [0.1, 0.15) is 10.9 Å². The van der Waals surface area contributed by atoms with Crippen molar-refractivity contribution in [1.29, 1.82) is 0 Å². The standard InChI is InChI=1S/C15H15BrN2O2S/c1-2-20-15(19)11-4-3-5-12-13(11)18-14(21-12)9-6-10(16)8-17-7-9/h6-8,11H,2-5H2,1H3. The Morgan fingerprint density at radius 2 is 2.38 bits per heavy atom. The topological polar surface area (TPSA) is 52.1 Å². The molecule has 0 aliphatic heterocycles. The molecule has 2 aromatic rings. The number of rotatable bonds is 3. The summed E-state index contributed by atoms with van der Waals surface area (Å²) >= 11 is 5.08. The number of hydrogen-bond donors (Lipinski definition) is 0. The maximum Gasteiger partial charge on any atom is 0.315 e. The van der Waals surface area contributed by atoms with Crippen LogP contribution in [0.25, 0.3) is 10.6 Å². The van der Waals surface area contributed by atoms with E-state index in [-0.39, 0.29) is 11.9 Å².